The average molecular weight is 364 g/mol. The van der Waals surface area contributed by atoms with Crippen LogP contribution in [0, 0.1) is 4.84 Å². The topological polar surface area (TPSA) is 53.9 Å². The molecular formula is C18H26N3O3S+. The van der Waals surface area contributed by atoms with E-state index in [1.54, 1.807) is 18.9 Å². The van der Waals surface area contributed by atoms with E-state index in [-0.39, 0.29) is 0 Å². The van der Waals surface area contributed by atoms with E-state index in [0.717, 1.165) is 24.5 Å². The molecule has 2 heterocycles. The van der Waals surface area contributed by atoms with E-state index < -0.39 is 0 Å². The Morgan fingerprint density at radius 1 is 1.32 bits per heavy atom. The third-order valence-electron chi connectivity index (χ3n) is 4.97. The molecule has 1 aliphatic heterocycles. The number of rotatable bonds is 6. The van der Waals surface area contributed by atoms with Gasteiger partial charge in [0.25, 0.3) is 10.7 Å². The smallest absolute Gasteiger partial charge is 0.292 e. The van der Waals surface area contributed by atoms with Gasteiger partial charge in [0.05, 0.1) is 32.4 Å². The van der Waals surface area contributed by atoms with Crippen molar-refractivity contribution in [1.82, 2.24) is 9.78 Å². The van der Waals surface area contributed by atoms with Gasteiger partial charge < -0.3 is 18.8 Å². The number of benzene rings is 1. The van der Waals surface area contributed by atoms with E-state index in [1.165, 1.54) is 30.6 Å². The zero-order valence-corrected chi connectivity index (χ0v) is 15.9. The van der Waals surface area contributed by atoms with Crippen molar-refractivity contribution in [2.75, 3.05) is 20.8 Å². The van der Waals surface area contributed by atoms with Gasteiger partial charge in [0.1, 0.15) is 11.5 Å². The minimum absolute atomic E-state index is 0.404. The van der Waals surface area contributed by atoms with Crippen LogP contribution in [0.2, 0.25) is 0 Å². The van der Waals surface area contributed by atoms with Crippen molar-refractivity contribution < 1.29 is 18.8 Å². The normalized spacial score (nSPS) is 20.4. The summed E-state index contributed by atoms with van der Waals surface area (Å²) in [6, 6.07) is 6.23. The minimum Gasteiger partial charge on any atom is -0.497 e. The van der Waals surface area contributed by atoms with E-state index >= 15 is 0 Å². The van der Waals surface area contributed by atoms with E-state index in [9.17, 15) is 0 Å². The van der Waals surface area contributed by atoms with Crippen LogP contribution < -0.4 is 14.4 Å². The van der Waals surface area contributed by atoms with Crippen molar-refractivity contribution in [3.05, 3.63) is 23.0 Å². The molecule has 1 aliphatic rings. The van der Waals surface area contributed by atoms with Crippen LogP contribution in [0.5, 0.6) is 11.5 Å². The molecule has 25 heavy (non-hydrogen) atoms. The van der Waals surface area contributed by atoms with Gasteiger partial charge in [-0.25, -0.2) is 0 Å². The lowest BCUT2D eigenvalue weighted by Crippen LogP contribution is -3.15. The van der Waals surface area contributed by atoms with Gasteiger partial charge >= 0.3 is 0 Å². The van der Waals surface area contributed by atoms with Gasteiger partial charge in [-0.1, -0.05) is 6.92 Å². The molecule has 3 rings (SSSR count). The largest absolute Gasteiger partial charge is 0.497 e. The van der Waals surface area contributed by atoms with Gasteiger partial charge in [-0.15, -0.1) is 5.10 Å². The van der Waals surface area contributed by atoms with E-state index in [1.807, 2.05) is 18.2 Å². The monoisotopic (exact) mass is 364 g/mol. The quantitative estimate of drug-likeness (QED) is 0.799. The number of hydrogen-bond donors (Lipinski definition) is 1. The van der Waals surface area contributed by atoms with Gasteiger partial charge in [-0.2, -0.15) is 4.68 Å². The summed E-state index contributed by atoms with van der Waals surface area (Å²) in [7, 11) is 3.24. The molecule has 2 atom stereocenters. The van der Waals surface area contributed by atoms with Crippen LogP contribution in [-0.4, -0.2) is 36.6 Å². The number of quaternary nitrogens is 1. The Hall–Kier alpha value is -1.86. The number of hydrogen-bond acceptors (Lipinski definition) is 5. The van der Waals surface area contributed by atoms with Crippen LogP contribution in [0.3, 0.4) is 0 Å². The Bertz CT molecular complexity index is 771. The first kappa shape index (κ1) is 17.9. The van der Waals surface area contributed by atoms with Crippen molar-refractivity contribution in [3.63, 3.8) is 0 Å². The van der Waals surface area contributed by atoms with Crippen molar-refractivity contribution in [2.24, 2.45) is 0 Å². The highest BCUT2D eigenvalue weighted by Gasteiger charge is 2.26. The van der Waals surface area contributed by atoms with Crippen molar-refractivity contribution in [2.45, 2.75) is 45.3 Å². The molecule has 1 fully saturated rings. The first-order chi connectivity index (χ1) is 12.2. The SMILES string of the molecule is CC[C@@H]1CCCC[NH+]1Cn1nc(-c2ccc(OC)cc2OC)oc1=S. The number of piperidine rings is 1. The second-order valence-electron chi connectivity index (χ2n) is 6.41. The first-order valence-corrected chi connectivity index (χ1v) is 9.22. The zero-order chi connectivity index (χ0) is 17.8. The van der Waals surface area contributed by atoms with E-state index in [4.69, 9.17) is 26.1 Å². The van der Waals surface area contributed by atoms with Crippen molar-refractivity contribution >= 4 is 12.2 Å². The highest BCUT2D eigenvalue weighted by Crippen LogP contribution is 2.32. The Morgan fingerprint density at radius 2 is 2.16 bits per heavy atom. The number of methoxy groups -OCH3 is 2. The first-order valence-electron chi connectivity index (χ1n) is 8.81. The van der Waals surface area contributed by atoms with Crippen LogP contribution in [0.15, 0.2) is 22.6 Å². The van der Waals surface area contributed by atoms with Crippen molar-refractivity contribution in [3.8, 4) is 23.0 Å². The predicted molar refractivity (Wildman–Crippen MR) is 97.6 cm³/mol. The molecule has 1 N–H and O–H groups in total. The minimum atomic E-state index is 0.404. The standard InChI is InChI=1S/C18H25N3O3S/c1-4-13-7-5-6-10-20(13)12-21-18(25)24-17(19-21)15-9-8-14(22-2)11-16(15)23-3/h8-9,11,13H,4-7,10,12H2,1-3H3/p+1/t13-/m1/s1. The molecule has 7 heteroatoms. The molecule has 0 spiro atoms. The number of nitrogens with zero attached hydrogens (tertiary/aromatic N) is 2. The lowest BCUT2D eigenvalue weighted by atomic mass is 10.0. The van der Waals surface area contributed by atoms with Crippen LogP contribution >= 0.6 is 12.2 Å². The Kier molecular flexibility index (Phi) is 5.75. The Balaban J connectivity index is 1.86. The molecule has 0 saturated carbocycles. The van der Waals surface area contributed by atoms with Crippen LogP contribution in [0.1, 0.15) is 32.6 Å². The molecule has 0 radical (unpaired) electrons. The Labute approximate surface area is 153 Å². The highest BCUT2D eigenvalue weighted by molar-refractivity contribution is 7.71. The summed E-state index contributed by atoms with van der Waals surface area (Å²) < 4.78 is 18.3. The van der Waals surface area contributed by atoms with E-state index in [2.05, 4.69) is 12.0 Å². The highest BCUT2D eigenvalue weighted by atomic mass is 32.1. The van der Waals surface area contributed by atoms with Gasteiger partial charge in [0.2, 0.25) is 0 Å². The van der Waals surface area contributed by atoms with Gasteiger partial charge in [0.15, 0.2) is 6.67 Å². The average Bonchev–Trinajstić information content (AvgIpc) is 3.01. The summed E-state index contributed by atoms with van der Waals surface area (Å²) in [6.07, 6.45) is 5.03. The molecule has 136 valence electrons. The molecule has 1 unspecified atom stereocenters. The third-order valence-corrected chi connectivity index (χ3v) is 5.26. The van der Waals surface area contributed by atoms with Gasteiger partial charge in [-0.3, -0.25) is 0 Å². The zero-order valence-electron chi connectivity index (χ0n) is 15.1. The molecule has 0 aliphatic carbocycles. The maximum atomic E-state index is 5.76. The molecular weight excluding hydrogens is 338 g/mol. The molecule has 1 aromatic carbocycles. The molecule has 6 nitrogen and oxygen atoms in total. The summed E-state index contributed by atoms with van der Waals surface area (Å²) in [5, 5.41) is 4.61. The molecule has 0 bridgehead atoms. The van der Waals surface area contributed by atoms with Crippen LogP contribution in [0.4, 0.5) is 0 Å². The van der Waals surface area contributed by atoms with Gasteiger partial charge in [-0.05, 0) is 50.0 Å². The number of ether oxygens (including phenoxy) is 2. The fourth-order valence-corrected chi connectivity index (χ4v) is 3.72. The second kappa shape index (κ2) is 8.01. The summed E-state index contributed by atoms with van der Waals surface area (Å²) in [6.45, 7) is 4.17. The van der Waals surface area contributed by atoms with Crippen LogP contribution in [-0.2, 0) is 6.67 Å². The maximum Gasteiger partial charge on any atom is 0.292 e. The lowest BCUT2D eigenvalue weighted by molar-refractivity contribution is -0.953. The number of likely N-dealkylation sites (tertiary alicyclic amines) is 1. The molecule has 1 saturated heterocycles. The third kappa shape index (κ3) is 3.88. The molecule has 0 amide bonds. The van der Waals surface area contributed by atoms with Crippen molar-refractivity contribution in [1.29, 1.82) is 0 Å². The fraction of sp³-hybridized carbons (Fsp3) is 0.556. The molecule has 2 aromatic rings. The summed E-state index contributed by atoms with van der Waals surface area (Å²) in [5.74, 6) is 1.86. The fourth-order valence-electron chi connectivity index (χ4n) is 3.53. The summed E-state index contributed by atoms with van der Waals surface area (Å²) >= 11 is 5.40. The van der Waals surface area contributed by atoms with Gasteiger partial charge in [0, 0.05) is 6.07 Å². The Morgan fingerprint density at radius 3 is 2.88 bits per heavy atom. The van der Waals surface area contributed by atoms with E-state index in [0.29, 0.717) is 22.5 Å². The second-order valence-corrected chi connectivity index (χ2v) is 6.76. The lowest BCUT2D eigenvalue weighted by Gasteiger charge is -2.31. The maximum absolute atomic E-state index is 5.76. The van der Waals surface area contributed by atoms with Crippen LogP contribution in [0.25, 0.3) is 11.5 Å². The summed E-state index contributed by atoms with van der Waals surface area (Å²) in [5.41, 5.74) is 0.772. The summed E-state index contributed by atoms with van der Waals surface area (Å²) in [4.78, 5) is 1.94. The molecule has 1 aromatic heterocycles. The number of aromatic nitrogens is 2. The number of nitrogens with one attached hydrogen (secondary N) is 1. The predicted octanol–water partition coefficient (Wildman–Crippen LogP) is 2.69.